The van der Waals surface area contributed by atoms with Crippen molar-refractivity contribution in [2.24, 2.45) is 11.8 Å². The van der Waals surface area contributed by atoms with Crippen molar-refractivity contribution in [3.05, 3.63) is 89.5 Å². The predicted octanol–water partition coefficient (Wildman–Crippen LogP) is 4.58. The van der Waals surface area contributed by atoms with E-state index in [2.05, 4.69) is 0 Å². The van der Waals surface area contributed by atoms with Crippen LogP contribution in [0.2, 0.25) is 0 Å². The van der Waals surface area contributed by atoms with Gasteiger partial charge in [-0.05, 0) is 62.3 Å². The van der Waals surface area contributed by atoms with Crippen molar-refractivity contribution in [2.75, 3.05) is 24.7 Å². The van der Waals surface area contributed by atoms with Crippen molar-refractivity contribution in [1.29, 1.82) is 0 Å². The van der Waals surface area contributed by atoms with E-state index in [9.17, 15) is 19.5 Å². The van der Waals surface area contributed by atoms with Gasteiger partial charge in [0, 0.05) is 12.2 Å². The molecule has 8 heteroatoms. The lowest BCUT2D eigenvalue weighted by atomic mass is 9.73. The molecule has 2 amide bonds. The summed E-state index contributed by atoms with van der Waals surface area (Å²) in [5.74, 6) is -3.15. The Morgan fingerprint density at radius 3 is 2.51 bits per heavy atom. The highest BCUT2D eigenvalue weighted by atomic mass is 16.6. The molecule has 6 atom stereocenters. The van der Waals surface area contributed by atoms with Gasteiger partial charge in [-0.3, -0.25) is 14.4 Å². The van der Waals surface area contributed by atoms with E-state index in [1.54, 1.807) is 4.90 Å². The van der Waals surface area contributed by atoms with Crippen molar-refractivity contribution in [3.8, 4) is 0 Å². The maximum atomic E-state index is 15.0. The molecule has 0 aliphatic carbocycles. The molecular formula is C35H40N2O6. The van der Waals surface area contributed by atoms with Gasteiger partial charge in [-0.25, -0.2) is 0 Å². The molecule has 1 N–H and O–H groups in total. The van der Waals surface area contributed by atoms with Crippen molar-refractivity contribution < 1.29 is 29.0 Å². The van der Waals surface area contributed by atoms with Crippen LogP contribution in [-0.2, 0) is 23.9 Å². The second kappa shape index (κ2) is 11.4. The molecule has 2 saturated heterocycles. The fraction of sp³-hybridized carbons (Fsp3) is 0.457. The largest absolute Gasteiger partial charge is 0.465 e. The number of hydrogen-bond donors (Lipinski definition) is 1. The summed E-state index contributed by atoms with van der Waals surface area (Å²) in [5.41, 5.74) is 0.815. The Bertz CT molecular complexity index is 1470. The van der Waals surface area contributed by atoms with Crippen LogP contribution in [-0.4, -0.2) is 64.8 Å². The van der Waals surface area contributed by atoms with E-state index in [0.29, 0.717) is 12.0 Å². The van der Waals surface area contributed by atoms with E-state index in [0.717, 1.165) is 36.1 Å². The SMILES string of the molecule is CC[C@]12/C=C\CCCCOC(=O)[C@H]1[C@H]1C(=O)N([C@H](CO)c3ccccc3)C3C(=O)N(c4cc(C)ccc4C)CC=C[C@@]31O2. The fourth-order valence-electron chi connectivity index (χ4n) is 7.57. The van der Waals surface area contributed by atoms with Gasteiger partial charge in [0.15, 0.2) is 0 Å². The van der Waals surface area contributed by atoms with Crippen LogP contribution >= 0.6 is 0 Å². The number of carbonyl (C=O) groups excluding carboxylic acids is 3. The van der Waals surface area contributed by atoms with E-state index < -0.39 is 53.6 Å². The van der Waals surface area contributed by atoms with Gasteiger partial charge in [-0.1, -0.05) is 73.7 Å². The summed E-state index contributed by atoms with van der Waals surface area (Å²) in [6.07, 6.45) is 10.5. The first-order valence-corrected chi connectivity index (χ1v) is 15.4. The quantitative estimate of drug-likeness (QED) is 0.408. The molecule has 2 aromatic rings. The van der Waals surface area contributed by atoms with E-state index in [1.165, 1.54) is 4.90 Å². The van der Waals surface area contributed by atoms with Gasteiger partial charge < -0.3 is 24.4 Å². The summed E-state index contributed by atoms with van der Waals surface area (Å²) < 4.78 is 12.9. The summed E-state index contributed by atoms with van der Waals surface area (Å²) in [5, 5.41) is 10.8. The average Bonchev–Trinajstić information content (AvgIpc) is 3.37. The van der Waals surface area contributed by atoms with Crippen molar-refractivity contribution in [3.63, 3.8) is 0 Å². The normalized spacial score (nSPS) is 32.0. The predicted molar refractivity (Wildman–Crippen MR) is 162 cm³/mol. The molecule has 6 rings (SSSR count). The number of aliphatic hydroxyl groups is 1. The second-order valence-electron chi connectivity index (χ2n) is 12.2. The maximum absolute atomic E-state index is 15.0. The Kier molecular flexibility index (Phi) is 7.77. The molecule has 4 aliphatic rings. The summed E-state index contributed by atoms with van der Waals surface area (Å²) in [4.78, 5) is 46.9. The number of anilines is 1. The Morgan fingerprint density at radius 2 is 1.77 bits per heavy atom. The smallest absolute Gasteiger partial charge is 0.313 e. The average molecular weight is 585 g/mol. The third-order valence-corrected chi connectivity index (χ3v) is 9.67. The lowest BCUT2D eigenvalue weighted by Crippen LogP contribution is -2.57. The van der Waals surface area contributed by atoms with Crippen molar-refractivity contribution in [2.45, 2.75) is 69.7 Å². The highest BCUT2D eigenvalue weighted by Gasteiger charge is 2.76. The number of likely N-dealkylation sites (tertiary alicyclic amines) is 1. The minimum atomic E-state index is -1.44. The molecule has 0 aromatic heterocycles. The number of benzene rings is 2. The van der Waals surface area contributed by atoms with Gasteiger partial charge in [0.05, 0.1) is 25.2 Å². The molecular weight excluding hydrogens is 544 g/mol. The first kappa shape index (κ1) is 29.3. The topological polar surface area (TPSA) is 96.4 Å². The highest BCUT2D eigenvalue weighted by Crippen LogP contribution is 2.59. The molecule has 2 fully saturated rings. The molecule has 0 bridgehead atoms. The number of cyclic esters (lactones) is 1. The number of nitrogens with zero attached hydrogens (tertiary/aromatic N) is 2. The minimum Gasteiger partial charge on any atom is -0.465 e. The third-order valence-electron chi connectivity index (χ3n) is 9.67. The molecule has 1 spiro atoms. The van der Waals surface area contributed by atoms with Gasteiger partial charge in [0.1, 0.15) is 23.2 Å². The number of rotatable bonds is 5. The summed E-state index contributed by atoms with van der Waals surface area (Å²) in [6, 6.07) is 13.2. The summed E-state index contributed by atoms with van der Waals surface area (Å²) in [7, 11) is 0. The molecule has 4 heterocycles. The van der Waals surface area contributed by atoms with Crippen LogP contribution in [0.15, 0.2) is 72.8 Å². The molecule has 2 aromatic carbocycles. The number of fused-ring (bicyclic) bond motifs is 2. The van der Waals surface area contributed by atoms with Crippen LogP contribution in [0, 0.1) is 25.7 Å². The highest BCUT2D eigenvalue weighted by molar-refractivity contribution is 6.06. The number of esters is 1. The molecule has 226 valence electrons. The zero-order valence-corrected chi connectivity index (χ0v) is 25.1. The van der Waals surface area contributed by atoms with Gasteiger partial charge >= 0.3 is 5.97 Å². The molecule has 0 saturated carbocycles. The van der Waals surface area contributed by atoms with Crippen molar-refractivity contribution in [1.82, 2.24) is 4.90 Å². The van der Waals surface area contributed by atoms with E-state index in [-0.39, 0.29) is 19.1 Å². The molecule has 43 heavy (non-hydrogen) atoms. The maximum Gasteiger partial charge on any atom is 0.313 e. The Morgan fingerprint density at radius 1 is 0.977 bits per heavy atom. The van der Waals surface area contributed by atoms with E-state index >= 15 is 0 Å². The summed E-state index contributed by atoms with van der Waals surface area (Å²) >= 11 is 0. The minimum absolute atomic E-state index is 0.266. The van der Waals surface area contributed by atoms with Gasteiger partial charge in [0.25, 0.3) is 5.91 Å². The Balaban J connectivity index is 1.56. The van der Waals surface area contributed by atoms with E-state index in [4.69, 9.17) is 9.47 Å². The fourth-order valence-corrected chi connectivity index (χ4v) is 7.57. The third kappa shape index (κ3) is 4.62. The lowest BCUT2D eigenvalue weighted by Gasteiger charge is -2.41. The molecule has 0 radical (unpaired) electrons. The van der Waals surface area contributed by atoms with Crippen LogP contribution in [0.4, 0.5) is 5.69 Å². The van der Waals surface area contributed by atoms with Crippen molar-refractivity contribution >= 4 is 23.5 Å². The number of aryl methyl sites for hydroxylation is 2. The number of carbonyl (C=O) groups is 3. The number of hydrogen-bond acceptors (Lipinski definition) is 6. The van der Waals surface area contributed by atoms with E-state index in [1.807, 2.05) is 93.6 Å². The first-order valence-electron chi connectivity index (χ1n) is 15.4. The first-order chi connectivity index (χ1) is 20.8. The van der Waals surface area contributed by atoms with Gasteiger partial charge in [0.2, 0.25) is 5.91 Å². The van der Waals surface area contributed by atoms with Gasteiger partial charge in [-0.15, -0.1) is 0 Å². The molecule has 8 nitrogen and oxygen atoms in total. The summed E-state index contributed by atoms with van der Waals surface area (Å²) in [6.45, 7) is 6.02. The Labute approximate surface area is 253 Å². The number of allylic oxidation sites excluding steroid dienone is 1. The monoisotopic (exact) mass is 584 g/mol. The molecule has 4 aliphatic heterocycles. The van der Waals surface area contributed by atoms with Crippen LogP contribution in [0.1, 0.15) is 55.3 Å². The van der Waals surface area contributed by atoms with Gasteiger partial charge in [-0.2, -0.15) is 0 Å². The number of ether oxygens (including phenoxy) is 2. The van der Waals surface area contributed by atoms with Crippen LogP contribution in [0.3, 0.4) is 0 Å². The molecule has 1 unspecified atom stereocenters. The second-order valence-corrected chi connectivity index (χ2v) is 12.2. The lowest BCUT2D eigenvalue weighted by molar-refractivity contribution is -0.161. The number of amides is 2. The standard InChI is InChI=1S/C35H40N2O6/c1-4-34-17-10-5-6-11-20-42-33(41)29(34)28-31(39)37(27(22-38)25-13-8-7-9-14-25)30-32(40)36(19-12-18-35(28,30)43-34)26-21-23(2)15-16-24(26)3/h7-10,12-18,21,27-30,38H,4-6,11,19-20,22H2,1-3H3/b17-10-/t27-,28+,29-,30?,34+,35+/m1/s1. The zero-order valence-electron chi connectivity index (χ0n) is 25.1. The number of aliphatic hydroxyl groups excluding tert-OH is 1. The van der Waals surface area contributed by atoms with Crippen LogP contribution in [0.25, 0.3) is 0 Å². The van der Waals surface area contributed by atoms with Crippen LogP contribution in [0.5, 0.6) is 0 Å². The van der Waals surface area contributed by atoms with Crippen LogP contribution < -0.4 is 4.90 Å². The Hall–Kier alpha value is -3.75. The zero-order chi connectivity index (χ0) is 30.4.